The maximum atomic E-state index is 12.5. The van der Waals surface area contributed by atoms with Crippen LogP contribution in [-0.4, -0.2) is 28.1 Å². The zero-order chi connectivity index (χ0) is 18.8. The lowest BCUT2D eigenvalue weighted by Crippen LogP contribution is -2.15. The Labute approximate surface area is 159 Å². The zero-order valence-electron chi connectivity index (χ0n) is 15.1. The monoisotopic (exact) mass is 388 g/mol. The number of fused-ring (bicyclic) bond motifs is 1. The van der Waals surface area contributed by atoms with Gasteiger partial charge in [0, 0.05) is 10.4 Å². The van der Waals surface area contributed by atoms with Crippen molar-refractivity contribution >= 4 is 39.1 Å². The number of hydrogen-bond donors (Lipinski definition) is 1. The lowest BCUT2D eigenvalue weighted by molar-refractivity contribution is 0.0994. The Hall–Kier alpha value is -2.12. The van der Waals surface area contributed by atoms with Gasteiger partial charge < -0.3 is 9.72 Å². The van der Waals surface area contributed by atoms with E-state index in [4.69, 9.17) is 4.74 Å². The molecule has 0 fully saturated rings. The van der Waals surface area contributed by atoms with Gasteiger partial charge in [0.2, 0.25) is 0 Å². The summed E-state index contributed by atoms with van der Waals surface area (Å²) in [6.45, 7) is 5.80. The standard InChI is InChI=1S/C19H20N2O3S2/c1-10-11(2)26-19-16(10)18(23)20-15(21-19)9-25-12(3)17(22)13-5-7-14(24-4)8-6-13/h5-8,12H,9H2,1-4H3,(H,20,21,23)/t12-/m1/s1. The van der Waals surface area contributed by atoms with Crippen molar-refractivity contribution in [1.29, 1.82) is 0 Å². The van der Waals surface area contributed by atoms with Crippen LogP contribution in [0.15, 0.2) is 29.1 Å². The quantitative estimate of drug-likeness (QED) is 0.643. The van der Waals surface area contributed by atoms with Gasteiger partial charge in [0.1, 0.15) is 16.4 Å². The Morgan fingerprint density at radius 1 is 1.31 bits per heavy atom. The maximum absolute atomic E-state index is 12.5. The van der Waals surface area contributed by atoms with Crippen LogP contribution < -0.4 is 10.3 Å². The maximum Gasteiger partial charge on any atom is 0.259 e. The molecule has 0 aliphatic carbocycles. The average molecular weight is 389 g/mol. The number of aromatic nitrogens is 2. The second-order valence-corrected chi connectivity index (χ2v) is 8.55. The number of thioether (sulfide) groups is 1. The first-order valence-corrected chi connectivity index (χ1v) is 10.1. The predicted molar refractivity (Wildman–Crippen MR) is 108 cm³/mol. The van der Waals surface area contributed by atoms with Gasteiger partial charge in [-0.05, 0) is 50.6 Å². The number of aromatic amines is 1. The van der Waals surface area contributed by atoms with E-state index in [-0.39, 0.29) is 16.6 Å². The van der Waals surface area contributed by atoms with Gasteiger partial charge in [-0.25, -0.2) is 4.98 Å². The molecule has 1 N–H and O–H groups in total. The fourth-order valence-corrected chi connectivity index (χ4v) is 4.52. The Morgan fingerprint density at radius 3 is 2.65 bits per heavy atom. The summed E-state index contributed by atoms with van der Waals surface area (Å²) in [5.41, 5.74) is 1.52. The summed E-state index contributed by atoms with van der Waals surface area (Å²) in [6, 6.07) is 7.08. The van der Waals surface area contributed by atoms with Gasteiger partial charge in [0.05, 0.1) is 23.5 Å². The van der Waals surface area contributed by atoms with Crippen molar-refractivity contribution in [1.82, 2.24) is 9.97 Å². The van der Waals surface area contributed by atoms with Crippen molar-refractivity contribution in [2.24, 2.45) is 0 Å². The Bertz CT molecular complexity index is 1010. The highest BCUT2D eigenvalue weighted by Crippen LogP contribution is 2.27. The normalized spacial score (nSPS) is 12.3. The van der Waals surface area contributed by atoms with Crippen LogP contribution in [-0.2, 0) is 5.75 Å². The molecule has 0 radical (unpaired) electrons. The van der Waals surface area contributed by atoms with E-state index < -0.39 is 0 Å². The molecule has 3 aromatic rings. The molecule has 1 atom stereocenters. The molecule has 0 amide bonds. The number of thiophene rings is 1. The Balaban J connectivity index is 1.72. The summed E-state index contributed by atoms with van der Waals surface area (Å²) in [4.78, 5) is 34.1. The van der Waals surface area contributed by atoms with Crippen LogP contribution in [0.1, 0.15) is 33.5 Å². The lowest BCUT2D eigenvalue weighted by atomic mass is 10.1. The lowest BCUT2D eigenvalue weighted by Gasteiger charge is -2.10. The summed E-state index contributed by atoms with van der Waals surface area (Å²) in [7, 11) is 1.59. The molecule has 3 rings (SSSR count). The molecule has 7 heteroatoms. The van der Waals surface area contributed by atoms with E-state index >= 15 is 0 Å². The predicted octanol–water partition coefficient (Wildman–Crippen LogP) is 4.11. The number of carbonyl (C=O) groups excluding carboxylic acids is 1. The topological polar surface area (TPSA) is 72.0 Å². The highest BCUT2D eigenvalue weighted by Gasteiger charge is 2.17. The van der Waals surface area contributed by atoms with E-state index in [1.54, 1.807) is 31.4 Å². The SMILES string of the molecule is COc1ccc(C(=O)[C@@H](C)SCc2nc3sc(C)c(C)c3c(=O)[nH]2)cc1. The minimum Gasteiger partial charge on any atom is -0.497 e. The third kappa shape index (κ3) is 3.68. The Kier molecular flexibility index (Phi) is 5.48. The number of hydrogen-bond acceptors (Lipinski definition) is 6. The summed E-state index contributed by atoms with van der Waals surface area (Å²) >= 11 is 2.99. The van der Waals surface area contributed by atoms with Crippen LogP contribution >= 0.6 is 23.1 Å². The van der Waals surface area contributed by atoms with Gasteiger partial charge in [0.15, 0.2) is 5.78 Å². The van der Waals surface area contributed by atoms with Crippen LogP contribution in [0.3, 0.4) is 0 Å². The minimum atomic E-state index is -0.240. The second kappa shape index (κ2) is 7.63. The van der Waals surface area contributed by atoms with E-state index in [1.165, 1.54) is 23.1 Å². The van der Waals surface area contributed by atoms with E-state index in [9.17, 15) is 9.59 Å². The number of nitrogens with zero attached hydrogens (tertiary/aromatic N) is 1. The van der Waals surface area contributed by atoms with Crippen molar-refractivity contribution in [3.05, 3.63) is 56.4 Å². The molecule has 2 aromatic heterocycles. The molecule has 136 valence electrons. The molecule has 5 nitrogen and oxygen atoms in total. The number of ketones is 1. The molecule has 0 spiro atoms. The first-order chi connectivity index (χ1) is 12.4. The number of nitrogens with one attached hydrogen (secondary N) is 1. The number of aryl methyl sites for hydroxylation is 2. The van der Waals surface area contributed by atoms with E-state index in [0.717, 1.165) is 21.0 Å². The second-order valence-electron chi connectivity index (χ2n) is 6.02. The molecule has 26 heavy (non-hydrogen) atoms. The summed E-state index contributed by atoms with van der Waals surface area (Å²) < 4.78 is 5.11. The minimum absolute atomic E-state index is 0.0453. The molecule has 0 saturated carbocycles. The van der Waals surface area contributed by atoms with Crippen LogP contribution in [0.25, 0.3) is 10.2 Å². The molecule has 2 heterocycles. The largest absolute Gasteiger partial charge is 0.497 e. The van der Waals surface area contributed by atoms with Crippen molar-refractivity contribution in [2.75, 3.05) is 7.11 Å². The molecular formula is C19H20N2O3S2. The van der Waals surface area contributed by atoms with E-state index in [1.807, 2.05) is 20.8 Å². The molecule has 0 aliphatic heterocycles. The molecule has 0 aliphatic rings. The van der Waals surface area contributed by atoms with Gasteiger partial charge >= 0.3 is 0 Å². The smallest absolute Gasteiger partial charge is 0.259 e. The van der Waals surface area contributed by atoms with Gasteiger partial charge in [-0.2, -0.15) is 0 Å². The van der Waals surface area contributed by atoms with Gasteiger partial charge in [-0.15, -0.1) is 23.1 Å². The zero-order valence-corrected chi connectivity index (χ0v) is 16.7. The summed E-state index contributed by atoms with van der Waals surface area (Å²) in [6.07, 6.45) is 0. The molecule has 0 unspecified atom stereocenters. The molecule has 0 bridgehead atoms. The Morgan fingerprint density at radius 2 is 2.00 bits per heavy atom. The number of carbonyl (C=O) groups is 1. The third-order valence-electron chi connectivity index (χ3n) is 4.30. The fourth-order valence-electron chi connectivity index (χ4n) is 2.64. The highest BCUT2D eigenvalue weighted by molar-refractivity contribution is 7.99. The van der Waals surface area contributed by atoms with Crippen LogP contribution in [0.5, 0.6) is 5.75 Å². The van der Waals surface area contributed by atoms with Crippen molar-refractivity contribution in [3.63, 3.8) is 0 Å². The highest BCUT2D eigenvalue weighted by atomic mass is 32.2. The molecule has 0 saturated heterocycles. The number of rotatable bonds is 6. The van der Waals surface area contributed by atoms with E-state index in [0.29, 0.717) is 22.5 Å². The number of Topliss-reactive ketones (excluding diaryl/α,β-unsaturated/α-hetero) is 1. The number of H-pyrrole nitrogens is 1. The summed E-state index contributed by atoms with van der Waals surface area (Å²) in [5, 5.41) is 0.430. The first-order valence-electron chi connectivity index (χ1n) is 8.19. The number of ether oxygens (including phenoxy) is 1. The molecule has 1 aromatic carbocycles. The van der Waals surface area contributed by atoms with Gasteiger partial charge in [-0.3, -0.25) is 9.59 Å². The fraction of sp³-hybridized carbons (Fsp3) is 0.316. The number of methoxy groups -OCH3 is 1. The van der Waals surface area contributed by atoms with Crippen molar-refractivity contribution in [3.8, 4) is 5.75 Å². The molecular weight excluding hydrogens is 368 g/mol. The number of benzene rings is 1. The summed E-state index contributed by atoms with van der Waals surface area (Å²) in [5.74, 6) is 1.84. The van der Waals surface area contributed by atoms with Crippen molar-refractivity contribution in [2.45, 2.75) is 31.8 Å². The third-order valence-corrected chi connectivity index (χ3v) is 6.56. The van der Waals surface area contributed by atoms with Crippen LogP contribution in [0.2, 0.25) is 0 Å². The van der Waals surface area contributed by atoms with Crippen LogP contribution in [0.4, 0.5) is 0 Å². The van der Waals surface area contributed by atoms with Gasteiger partial charge in [0.25, 0.3) is 5.56 Å². The van der Waals surface area contributed by atoms with E-state index in [2.05, 4.69) is 9.97 Å². The van der Waals surface area contributed by atoms with Gasteiger partial charge in [-0.1, -0.05) is 0 Å². The van der Waals surface area contributed by atoms with Crippen LogP contribution in [0, 0.1) is 13.8 Å². The first kappa shape index (κ1) is 18.7. The average Bonchev–Trinajstić information content (AvgIpc) is 2.93. The van der Waals surface area contributed by atoms with Crippen molar-refractivity contribution < 1.29 is 9.53 Å².